The van der Waals surface area contributed by atoms with Gasteiger partial charge in [0.25, 0.3) is 0 Å². The number of benzene rings is 7. The molecule has 9 rings (SSSR count). The summed E-state index contributed by atoms with van der Waals surface area (Å²) >= 11 is 0. The van der Waals surface area contributed by atoms with Gasteiger partial charge in [-0.15, -0.1) is 0 Å². The van der Waals surface area contributed by atoms with E-state index in [0.717, 1.165) is 44.2 Å². The zero-order valence-electron chi connectivity index (χ0n) is 28.3. The lowest BCUT2D eigenvalue weighted by Crippen LogP contribution is -2.16. The zero-order valence-corrected chi connectivity index (χ0v) is 28.3. The quantitative estimate of drug-likeness (QED) is 0.186. The van der Waals surface area contributed by atoms with Crippen molar-refractivity contribution in [2.75, 3.05) is 0 Å². The molecular formula is C47H32N4. The van der Waals surface area contributed by atoms with Crippen LogP contribution in [0.3, 0.4) is 0 Å². The molecule has 0 saturated carbocycles. The highest BCUT2D eigenvalue weighted by molar-refractivity contribution is 5.90. The summed E-state index contributed by atoms with van der Waals surface area (Å²) in [6.45, 7) is 4.65. The Labute approximate surface area is 297 Å². The topological polar surface area (TPSA) is 62.5 Å². The van der Waals surface area contributed by atoms with Crippen molar-refractivity contribution in [1.82, 2.24) is 15.0 Å². The third kappa shape index (κ3) is 5.28. The number of aromatic nitrogens is 3. The molecule has 0 saturated heterocycles. The molecule has 7 aromatic carbocycles. The van der Waals surface area contributed by atoms with Crippen molar-refractivity contribution in [2.24, 2.45) is 0 Å². The van der Waals surface area contributed by atoms with Crippen molar-refractivity contribution in [2.45, 2.75) is 19.3 Å². The van der Waals surface area contributed by atoms with Crippen LogP contribution in [-0.2, 0) is 5.41 Å². The number of nitrogens with zero attached hydrogens (tertiary/aromatic N) is 4. The van der Waals surface area contributed by atoms with Gasteiger partial charge >= 0.3 is 0 Å². The molecule has 4 heteroatoms. The van der Waals surface area contributed by atoms with Gasteiger partial charge in [-0.3, -0.25) is 0 Å². The largest absolute Gasteiger partial charge is 0.208 e. The Balaban J connectivity index is 1.12. The van der Waals surface area contributed by atoms with Crippen LogP contribution in [0.2, 0.25) is 0 Å². The summed E-state index contributed by atoms with van der Waals surface area (Å²) in [6.07, 6.45) is 0. The lowest BCUT2D eigenvalue weighted by atomic mass is 9.79. The normalized spacial score (nSPS) is 12.6. The fourth-order valence-electron chi connectivity index (χ4n) is 7.57. The Bertz CT molecular complexity index is 2670. The summed E-state index contributed by atoms with van der Waals surface area (Å²) in [5.74, 6) is 1.88. The fraction of sp³-hybridized carbons (Fsp3) is 0.0638. The second-order valence-electron chi connectivity index (χ2n) is 13.6. The molecule has 1 heterocycles. The van der Waals surface area contributed by atoms with E-state index < -0.39 is 0 Å². The van der Waals surface area contributed by atoms with Crippen molar-refractivity contribution in [3.8, 4) is 73.6 Å². The van der Waals surface area contributed by atoms with Gasteiger partial charge < -0.3 is 0 Å². The smallest absolute Gasteiger partial charge is 0.164 e. The molecular weight excluding hydrogens is 621 g/mol. The summed E-state index contributed by atoms with van der Waals surface area (Å²) in [7, 11) is 0. The van der Waals surface area contributed by atoms with Crippen LogP contribution in [0.25, 0.3) is 78.3 Å². The van der Waals surface area contributed by atoms with Gasteiger partial charge in [0.15, 0.2) is 17.5 Å². The van der Waals surface area contributed by atoms with Gasteiger partial charge in [-0.25, -0.2) is 15.0 Å². The zero-order chi connectivity index (χ0) is 34.5. The van der Waals surface area contributed by atoms with Gasteiger partial charge in [-0.2, -0.15) is 5.26 Å². The molecule has 0 spiro atoms. The van der Waals surface area contributed by atoms with Crippen LogP contribution in [0.4, 0.5) is 0 Å². The summed E-state index contributed by atoms with van der Waals surface area (Å²) in [4.78, 5) is 15.1. The van der Waals surface area contributed by atoms with E-state index in [1.165, 1.54) is 27.8 Å². The van der Waals surface area contributed by atoms with Crippen LogP contribution >= 0.6 is 0 Å². The highest BCUT2D eigenvalue weighted by Crippen LogP contribution is 2.52. The van der Waals surface area contributed by atoms with Crippen LogP contribution < -0.4 is 0 Å². The van der Waals surface area contributed by atoms with Gasteiger partial charge in [0.1, 0.15) is 0 Å². The molecule has 1 aliphatic rings. The summed E-state index contributed by atoms with van der Waals surface area (Å²) in [5.41, 5.74) is 13.2. The van der Waals surface area contributed by atoms with Crippen molar-refractivity contribution >= 4 is 10.8 Å². The number of nitriles is 1. The molecule has 1 aromatic heterocycles. The van der Waals surface area contributed by atoms with Crippen molar-refractivity contribution in [3.05, 3.63) is 174 Å². The molecule has 0 atom stereocenters. The van der Waals surface area contributed by atoms with Crippen LogP contribution in [0.1, 0.15) is 30.5 Å². The number of hydrogen-bond donors (Lipinski definition) is 0. The highest BCUT2D eigenvalue weighted by Gasteiger charge is 2.37. The van der Waals surface area contributed by atoms with E-state index in [2.05, 4.69) is 129 Å². The average Bonchev–Trinajstić information content (AvgIpc) is 3.44. The maximum Gasteiger partial charge on any atom is 0.164 e. The first-order chi connectivity index (χ1) is 25.0. The van der Waals surface area contributed by atoms with Crippen LogP contribution in [0, 0.1) is 11.3 Å². The maximum absolute atomic E-state index is 9.28. The predicted octanol–water partition coefficient (Wildman–Crippen LogP) is 11.5. The Morgan fingerprint density at radius 2 is 0.980 bits per heavy atom. The molecule has 0 amide bonds. The van der Waals surface area contributed by atoms with E-state index in [9.17, 15) is 5.26 Å². The van der Waals surface area contributed by atoms with E-state index in [1.807, 2.05) is 48.5 Å². The van der Waals surface area contributed by atoms with Crippen molar-refractivity contribution in [1.29, 1.82) is 5.26 Å². The highest BCUT2D eigenvalue weighted by atomic mass is 15.0. The summed E-state index contributed by atoms with van der Waals surface area (Å²) in [5, 5.41) is 11.4. The minimum Gasteiger partial charge on any atom is -0.208 e. The molecule has 1 aliphatic carbocycles. The van der Waals surface area contributed by atoms with Crippen molar-refractivity contribution in [3.63, 3.8) is 0 Å². The first kappa shape index (κ1) is 30.4. The Morgan fingerprint density at radius 3 is 1.76 bits per heavy atom. The lowest BCUT2D eigenvalue weighted by Gasteiger charge is -2.24. The molecule has 0 N–H and O–H groups in total. The molecule has 240 valence electrons. The van der Waals surface area contributed by atoms with Gasteiger partial charge in [0.2, 0.25) is 0 Å². The fourth-order valence-corrected chi connectivity index (χ4v) is 7.57. The number of hydrogen-bond acceptors (Lipinski definition) is 4. The molecule has 4 nitrogen and oxygen atoms in total. The Morgan fingerprint density at radius 1 is 0.431 bits per heavy atom. The second kappa shape index (κ2) is 12.0. The minimum atomic E-state index is -0.126. The van der Waals surface area contributed by atoms with E-state index in [1.54, 1.807) is 0 Å². The molecule has 8 aromatic rings. The molecule has 0 radical (unpaired) electrons. The third-order valence-corrected chi connectivity index (χ3v) is 10.1. The van der Waals surface area contributed by atoms with E-state index in [4.69, 9.17) is 15.0 Å². The second-order valence-corrected chi connectivity index (χ2v) is 13.6. The minimum absolute atomic E-state index is 0.126. The third-order valence-electron chi connectivity index (χ3n) is 10.1. The number of rotatable bonds is 5. The van der Waals surface area contributed by atoms with Gasteiger partial charge in [-0.1, -0.05) is 147 Å². The van der Waals surface area contributed by atoms with Crippen LogP contribution in [-0.4, -0.2) is 15.0 Å². The van der Waals surface area contributed by atoms with Crippen LogP contribution in [0.15, 0.2) is 158 Å². The van der Waals surface area contributed by atoms with Gasteiger partial charge in [-0.05, 0) is 79.5 Å². The van der Waals surface area contributed by atoms with E-state index in [0.29, 0.717) is 23.0 Å². The summed E-state index contributed by atoms with van der Waals surface area (Å²) < 4.78 is 0. The molecule has 0 bridgehead atoms. The molecule has 0 fully saturated rings. The standard InChI is InChI=1S/C47H32N4/c1-47(2)42-17-7-6-14-40(42)41-16-9-15-39(43(41)47)37-12-8-13-38(28-37)46-50-44(32-10-4-3-5-11-32)49-45(51-46)33-22-20-31(21-23-33)35-25-24-34-26-30(29-48)18-19-36(34)27-35/h3-28H,1-2H3. The van der Waals surface area contributed by atoms with Crippen LogP contribution in [0.5, 0.6) is 0 Å². The molecule has 0 unspecified atom stereocenters. The number of fused-ring (bicyclic) bond motifs is 4. The Hall–Kier alpha value is -6.70. The average molecular weight is 653 g/mol. The van der Waals surface area contributed by atoms with Gasteiger partial charge in [0.05, 0.1) is 11.6 Å². The Kier molecular flexibility index (Phi) is 7.15. The van der Waals surface area contributed by atoms with Gasteiger partial charge in [0, 0.05) is 22.1 Å². The lowest BCUT2D eigenvalue weighted by molar-refractivity contribution is 0.662. The van der Waals surface area contributed by atoms with Crippen molar-refractivity contribution < 1.29 is 0 Å². The van der Waals surface area contributed by atoms with E-state index >= 15 is 0 Å². The first-order valence-corrected chi connectivity index (χ1v) is 17.2. The monoisotopic (exact) mass is 652 g/mol. The van der Waals surface area contributed by atoms with E-state index in [-0.39, 0.29) is 5.41 Å². The maximum atomic E-state index is 9.28. The first-order valence-electron chi connectivity index (χ1n) is 17.2. The SMILES string of the molecule is CC1(C)c2ccccc2-c2cccc(-c3cccc(-c4nc(-c5ccccc5)nc(-c5ccc(-c6ccc7cc(C#N)ccc7c6)cc5)n4)c3)c21. The predicted molar refractivity (Wildman–Crippen MR) is 207 cm³/mol. The molecule has 51 heavy (non-hydrogen) atoms. The molecule has 0 aliphatic heterocycles. The summed E-state index contributed by atoms with van der Waals surface area (Å²) in [6, 6.07) is 56.8.